The van der Waals surface area contributed by atoms with Crippen LogP contribution in [-0.2, 0) is 9.53 Å². The summed E-state index contributed by atoms with van der Waals surface area (Å²) in [7, 11) is 0. The minimum Gasteiger partial charge on any atom is -0.462 e. The lowest BCUT2D eigenvalue weighted by molar-refractivity contribution is -0.151. The molecule has 2 heteroatoms. The third-order valence-corrected chi connectivity index (χ3v) is 14.9. The van der Waals surface area contributed by atoms with Crippen molar-refractivity contribution in [2.45, 2.75) is 221 Å². The van der Waals surface area contributed by atoms with Gasteiger partial charge in [-0.25, -0.2) is 0 Å². The second-order valence-corrected chi connectivity index (χ2v) is 19.0. The van der Waals surface area contributed by atoms with E-state index in [0.29, 0.717) is 17.3 Å². The molecule has 4 aliphatic rings. The molecule has 3 saturated carbocycles. The molecule has 8 atom stereocenters. The van der Waals surface area contributed by atoms with Crippen molar-refractivity contribution in [2.75, 3.05) is 0 Å². The normalized spacial score (nSPS) is 31.1. The first-order chi connectivity index (χ1) is 24.7. The largest absolute Gasteiger partial charge is 0.462 e. The zero-order chi connectivity index (χ0) is 36.5. The molecule has 0 aliphatic heterocycles. The van der Waals surface area contributed by atoms with E-state index in [1.807, 2.05) is 0 Å². The number of carbonyl (C=O) groups excluding carboxylic acids is 1. The fraction of sp³-hybridized carbons (Fsp3) is 0.857. The van der Waals surface area contributed by atoms with E-state index in [4.69, 9.17) is 4.74 Å². The van der Waals surface area contributed by atoms with E-state index in [1.54, 1.807) is 5.57 Å². The van der Waals surface area contributed by atoms with E-state index in [1.165, 1.54) is 141 Å². The Balaban J connectivity index is 1.05. The number of ether oxygens (including phenoxy) is 1. The van der Waals surface area contributed by atoms with E-state index in [2.05, 4.69) is 71.9 Å². The summed E-state index contributed by atoms with van der Waals surface area (Å²) in [6.07, 6.45) is 46.4. The lowest BCUT2D eigenvalue weighted by Crippen LogP contribution is -2.51. The van der Waals surface area contributed by atoms with E-state index in [9.17, 15) is 4.79 Å². The second kappa shape index (κ2) is 22.2. The van der Waals surface area contributed by atoms with Gasteiger partial charge in [0.2, 0.25) is 0 Å². The summed E-state index contributed by atoms with van der Waals surface area (Å²) in [5.74, 6) is 5.31. The highest BCUT2D eigenvalue weighted by Crippen LogP contribution is 2.67. The van der Waals surface area contributed by atoms with Crippen LogP contribution in [0, 0.1) is 46.3 Å². The quantitative estimate of drug-likeness (QED) is 0.0568. The molecule has 2 nitrogen and oxygen atoms in total. The molecular formula is C49H84O2. The third-order valence-electron chi connectivity index (χ3n) is 14.9. The van der Waals surface area contributed by atoms with Crippen LogP contribution in [0.4, 0.5) is 0 Å². The highest BCUT2D eigenvalue weighted by molar-refractivity contribution is 5.69. The molecular weight excluding hydrogens is 621 g/mol. The fourth-order valence-electron chi connectivity index (χ4n) is 11.8. The van der Waals surface area contributed by atoms with Crippen LogP contribution >= 0.6 is 0 Å². The van der Waals surface area contributed by atoms with Gasteiger partial charge in [-0.15, -0.1) is 0 Å². The van der Waals surface area contributed by atoms with Gasteiger partial charge in [0.25, 0.3) is 0 Å². The Morgan fingerprint density at radius 3 is 2.12 bits per heavy atom. The first-order valence-electron chi connectivity index (χ1n) is 22.9. The van der Waals surface area contributed by atoms with Crippen LogP contribution in [0.15, 0.2) is 36.0 Å². The van der Waals surface area contributed by atoms with Gasteiger partial charge in [0.15, 0.2) is 0 Å². The number of allylic oxidation sites excluding steroid dienone is 5. The Morgan fingerprint density at radius 1 is 0.765 bits per heavy atom. The molecule has 0 amide bonds. The average Bonchev–Trinajstić information content (AvgIpc) is 3.46. The summed E-state index contributed by atoms with van der Waals surface area (Å²) in [6, 6.07) is 0. The number of carbonyl (C=O) groups is 1. The monoisotopic (exact) mass is 705 g/mol. The van der Waals surface area contributed by atoms with Crippen molar-refractivity contribution in [3.63, 3.8) is 0 Å². The molecule has 0 unspecified atom stereocenters. The zero-order valence-electron chi connectivity index (χ0n) is 34.8. The molecule has 0 spiro atoms. The first kappa shape index (κ1) is 42.4. The molecule has 0 N–H and O–H groups in total. The fourth-order valence-corrected chi connectivity index (χ4v) is 11.8. The first-order valence-corrected chi connectivity index (χ1v) is 22.9. The van der Waals surface area contributed by atoms with E-state index in [0.717, 1.165) is 61.2 Å². The van der Waals surface area contributed by atoms with Gasteiger partial charge in [-0.3, -0.25) is 4.79 Å². The summed E-state index contributed by atoms with van der Waals surface area (Å²) < 4.78 is 6.14. The van der Waals surface area contributed by atoms with Gasteiger partial charge in [0.1, 0.15) is 6.10 Å². The molecule has 0 bridgehead atoms. The van der Waals surface area contributed by atoms with E-state index in [-0.39, 0.29) is 12.1 Å². The van der Waals surface area contributed by atoms with Gasteiger partial charge < -0.3 is 4.74 Å². The second-order valence-electron chi connectivity index (χ2n) is 19.0. The smallest absolute Gasteiger partial charge is 0.306 e. The number of esters is 1. The maximum absolute atomic E-state index is 12.9. The highest BCUT2D eigenvalue weighted by atomic mass is 16.5. The summed E-state index contributed by atoms with van der Waals surface area (Å²) >= 11 is 0. The maximum Gasteiger partial charge on any atom is 0.306 e. The van der Waals surface area contributed by atoms with Crippen molar-refractivity contribution in [3.8, 4) is 0 Å². The SMILES string of the molecule is CCCCC/C=C\C/C=C\CCCCCCCCCCCC(=O)O[C@H]1CC[C@@]2(C)C(=CC[C@H]3[C@@H]4CC[C@H]([C@H](C)CCCC(C)C)[C@@]4(C)CC[C@@H]32)C1. The molecule has 51 heavy (non-hydrogen) atoms. The van der Waals surface area contributed by atoms with Gasteiger partial charge in [-0.1, -0.05) is 155 Å². The minimum atomic E-state index is 0.0582. The topological polar surface area (TPSA) is 26.3 Å². The zero-order valence-corrected chi connectivity index (χ0v) is 34.8. The molecule has 0 aromatic rings. The van der Waals surface area contributed by atoms with Crippen LogP contribution in [-0.4, -0.2) is 12.1 Å². The number of unbranched alkanes of at least 4 members (excludes halogenated alkanes) is 12. The Labute approximate surface area is 317 Å². The lowest BCUT2D eigenvalue weighted by Gasteiger charge is -2.58. The molecule has 0 radical (unpaired) electrons. The van der Waals surface area contributed by atoms with Crippen LogP contribution in [0.5, 0.6) is 0 Å². The van der Waals surface area contributed by atoms with Crippen LogP contribution in [0.25, 0.3) is 0 Å². The third kappa shape index (κ3) is 12.6. The summed E-state index contributed by atoms with van der Waals surface area (Å²) in [6.45, 7) is 14.9. The van der Waals surface area contributed by atoms with Crippen molar-refractivity contribution in [1.82, 2.24) is 0 Å². The lowest BCUT2D eigenvalue weighted by atomic mass is 9.47. The van der Waals surface area contributed by atoms with E-state index >= 15 is 0 Å². The minimum absolute atomic E-state index is 0.0582. The highest BCUT2D eigenvalue weighted by Gasteiger charge is 2.59. The van der Waals surface area contributed by atoms with Crippen LogP contribution in [0.3, 0.4) is 0 Å². The van der Waals surface area contributed by atoms with Crippen LogP contribution < -0.4 is 0 Å². The Hall–Kier alpha value is -1.31. The van der Waals surface area contributed by atoms with Crippen molar-refractivity contribution in [3.05, 3.63) is 36.0 Å². The van der Waals surface area contributed by atoms with Gasteiger partial charge in [-0.05, 0) is 130 Å². The number of rotatable bonds is 24. The molecule has 4 rings (SSSR count). The Kier molecular flexibility index (Phi) is 18.4. The van der Waals surface area contributed by atoms with Crippen LogP contribution in [0.2, 0.25) is 0 Å². The Morgan fingerprint density at radius 2 is 1.43 bits per heavy atom. The van der Waals surface area contributed by atoms with Gasteiger partial charge in [0.05, 0.1) is 0 Å². The molecule has 0 saturated heterocycles. The van der Waals surface area contributed by atoms with Crippen molar-refractivity contribution >= 4 is 5.97 Å². The van der Waals surface area contributed by atoms with Crippen LogP contribution in [0.1, 0.15) is 215 Å². The standard InChI is InChI=1S/C49H84O2/c1-7-8-9-10-11-12-13-14-15-16-17-18-19-20-21-22-23-24-25-29-47(50)51-42-34-36-48(5)41(38-42)30-31-43-45-33-32-44(40(4)28-26-27-39(2)3)49(45,6)37-35-46(43)48/h11-12,14-15,30,39-40,42-46H,7-10,13,16-29,31-38H2,1-6H3/b12-11-,15-14-/t40-,42+,43+,44-,45+,46+,48+,49-/m1/s1. The summed E-state index contributed by atoms with van der Waals surface area (Å²) in [5, 5.41) is 0. The van der Waals surface area contributed by atoms with E-state index < -0.39 is 0 Å². The molecule has 0 aromatic carbocycles. The van der Waals surface area contributed by atoms with Gasteiger partial charge in [0, 0.05) is 12.8 Å². The van der Waals surface area contributed by atoms with Gasteiger partial charge >= 0.3 is 5.97 Å². The van der Waals surface area contributed by atoms with Crippen molar-refractivity contribution < 1.29 is 9.53 Å². The average molecular weight is 705 g/mol. The molecule has 3 fully saturated rings. The summed E-state index contributed by atoms with van der Waals surface area (Å²) in [5.41, 5.74) is 2.52. The predicted octanol–water partition coefficient (Wildman–Crippen LogP) is 15.3. The molecule has 4 aliphatic carbocycles. The molecule has 0 heterocycles. The summed E-state index contributed by atoms with van der Waals surface area (Å²) in [4.78, 5) is 12.9. The molecule has 0 aromatic heterocycles. The van der Waals surface area contributed by atoms with Gasteiger partial charge in [-0.2, -0.15) is 0 Å². The van der Waals surface area contributed by atoms with Crippen molar-refractivity contribution in [1.29, 1.82) is 0 Å². The number of hydrogen-bond acceptors (Lipinski definition) is 2. The maximum atomic E-state index is 12.9. The predicted molar refractivity (Wildman–Crippen MR) is 221 cm³/mol. The van der Waals surface area contributed by atoms with Crippen molar-refractivity contribution in [2.24, 2.45) is 46.3 Å². The Bertz CT molecular complexity index is 1080. The number of fused-ring (bicyclic) bond motifs is 5. The number of hydrogen-bond donors (Lipinski definition) is 0. The molecule has 292 valence electrons.